The topological polar surface area (TPSA) is 22.8 Å². The first-order chi connectivity index (χ1) is 17.4. The Labute approximate surface area is 205 Å². The maximum atomic E-state index is 4.90. The average Bonchev–Trinajstić information content (AvgIpc) is 3.62. The lowest BCUT2D eigenvalue weighted by Crippen LogP contribution is -1.99. The van der Waals surface area contributed by atoms with Gasteiger partial charge in [0, 0.05) is 21.5 Å². The van der Waals surface area contributed by atoms with E-state index < -0.39 is 0 Å². The van der Waals surface area contributed by atoms with Crippen LogP contribution in [0.3, 0.4) is 0 Å². The van der Waals surface area contributed by atoms with Crippen LogP contribution in [0.25, 0.3) is 65.2 Å². The molecule has 0 fully saturated rings. The number of nitrogens with zero attached hydrogens (tertiary/aromatic N) is 3. The molecule has 35 heavy (non-hydrogen) atoms. The number of fused-ring (bicyclic) bond motifs is 7. The molecule has 0 spiro atoms. The van der Waals surface area contributed by atoms with Crippen LogP contribution in [0.2, 0.25) is 0 Å². The van der Waals surface area contributed by atoms with E-state index in [1.165, 1.54) is 54.0 Å². The molecule has 0 radical (unpaired) electrons. The molecule has 0 bridgehead atoms. The minimum absolute atomic E-state index is 1.03. The lowest BCUT2D eigenvalue weighted by molar-refractivity contribution is 1.16. The van der Waals surface area contributed by atoms with Crippen molar-refractivity contribution in [3.63, 3.8) is 0 Å². The summed E-state index contributed by atoms with van der Waals surface area (Å²) < 4.78 is 5.94. The van der Waals surface area contributed by atoms with E-state index in [1.807, 2.05) is 5.51 Å². The van der Waals surface area contributed by atoms with Crippen molar-refractivity contribution >= 4 is 65.2 Å². The third-order valence-electron chi connectivity index (χ3n) is 7.08. The van der Waals surface area contributed by atoms with Gasteiger partial charge in [-0.05, 0) is 36.4 Å². The molecule has 5 aromatic carbocycles. The van der Waals surface area contributed by atoms with E-state index in [9.17, 15) is 0 Å². The van der Waals surface area contributed by atoms with Crippen molar-refractivity contribution in [2.75, 3.05) is 0 Å². The molecule has 0 saturated carbocycles. The summed E-state index contributed by atoms with van der Waals surface area (Å²) in [5.41, 5.74) is 10.1. The first-order valence-corrected chi connectivity index (χ1v) is 12.6. The fourth-order valence-corrected chi connectivity index (χ4v) is 6.46. The van der Waals surface area contributed by atoms with Crippen molar-refractivity contribution in [2.45, 2.75) is 0 Å². The highest BCUT2D eigenvalue weighted by Crippen LogP contribution is 2.39. The van der Waals surface area contributed by atoms with Crippen molar-refractivity contribution in [3.8, 4) is 11.4 Å². The SMILES string of the molecule is c1ccc2c(c1)c1ccccc1n2-c1ccc(-n2c3ccccc3c3ccccc32)c2scnc12. The third-order valence-corrected chi connectivity index (χ3v) is 7.93. The zero-order valence-corrected chi connectivity index (χ0v) is 19.5. The Bertz CT molecular complexity index is 1820. The highest BCUT2D eigenvalue weighted by atomic mass is 32.1. The lowest BCUT2D eigenvalue weighted by Gasteiger charge is -2.13. The maximum absolute atomic E-state index is 4.90. The Kier molecular flexibility index (Phi) is 3.82. The Morgan fingerprint density at radius 3 is 1.34 bits per heavy atom. The molecule has 0 saturated heterocycles. The molecule has 164 valence electrons. The number of aromatic nitrogens is 3. The second-order valence-electron chi connectivity index (χ2n) is 8.87. The largest absolute Gasteiger partial charge is 0.308 e. The van der Waals surface area contributed by atoms with Crippen molar-refractivity contribution < 1.29 is 0 Å². The Balaban J connectivity index is 1.49. The quantitative estimate of drug-likeness (QED) is 0.251. The summed E-state index contributed by atoms with van der Waals surface area (Å²) in [5, 5.41) is 5.07. The number of para-hydroxylation sites is 4. The van der Waals surface area contributed by atoms with E-state index in [2.05, 4.69) is 118 Å². The van der Waals surface area contributed by atoms with Crippen LogP contribution in [0.1, 0.15) is 0 Å². The molecule has 3 aromatic heterocycles. The summed E-state index contributed by atoms with van der Waals surface area (Å²) >= 11 is 1.71. The van der Waals surface area contributed by atoms with Crippen LogP contribution in [0.5, 0.6) is 0 Å². The van der Waals surface area contributed by atoms with E-state index in [0.717, 1.165) is 11.2 Å². The maximum Gasteiger partial charge on any atom is 0.107 e. The van der Waals surface area contributed by atoms with Crippen molar-refractivity contribution in [1.82, 2.24) is 14.1 Å². The van der Waals surface area contributed by atoms with Gasteiger partial charge in [0.05, 0.1) is 43.7 Å². The van der Waals surface area contributed by atoms with Gasteiger partial charge in [-0.15, -0.1) is 11.3 Å². The normalized spacial score (nSPS) is 12.0. The third kappa shape index (κ3) is 2.52. The summed E-state index contributed by atoms with van der Waals surface area (Å²) in [6.07, 6.45) is 0. The predicted octanol–water partition coefficient (Wildman–Crippen LogP) is 8.49. The van der Waals surface area contributed by atoms with Crippen LogP contribution in [-0.2, 0) is 0 Å². The van der Waals surface area contributed by atoms with Gasteiger partial charge >= 0.3 is 0 Å². The number of hydrogen-bond acceptors (Lipinski definition) is 2. The van der Waals surface area contributed by atoms with Gasteiger partial charge in [-0.2, -0.15) is 0 Å². The second kappa shape index (κ2) is 7.05. The highest BCUT2D eigenvalue weighted by Gasteiger charge is 2.19. The van der Waals surface area contributed by atoms with Gasteiger partial charge in [-0.25, -0.2) is 4.98 Å². The number of thiazole rings is 1. The van der Waals surface area contributed by atoms with E-state index in [4.69, 9.17) is 4.98 Å². The second-order valence-corrected chi connectivity index (χ2v) is 9.73. The van der Waals surface area contributed by atoms with Crippen molar-refractivity contribution in [1.29, 1.82) is 0 Å². The molecule has 0 amide bonds. The molecule has 4 heteroatoms. The van der Waals surface area contributed by atoms with Gasteiger partial charge in [0.25, 0.3) is 0 Å². The molecule has 0 N–H and O–H groups in total. The van der Waals surface area contributed by atoms with Gasteiger partial charge < -0.3 is 9.13 Å². The zero-order valence-electron chi connectivity index (χ0n) is 18.7. The average molecular weight is 466 g/mol. The van der Waals surface area contributed by atoms with Gasteiger partial charge in [0.2, 0.25) is 0 Å². The highest BCUT2D eigenvalue weighted by molar-refractivity contribution is 7.17. The van der Waals surface area contributed by atoms with E-state index in [-0.39, 0.29) is 0 Å². The van der Waals surface area contributed by atoms with Crippen LogP contribution >= 0.6 is 11.3 Å². The number of hydrogen-bond donors (Lipinski definition) is 0. The summed E-state index contributed by atoms with van der Waals surface area (Å²) in [6.45, 7) is 0. The van der Waals surface area contributed by atoms with Crippen LogP contribution in [0, 0.1) is 0 Å². The van der Waals surface area contributed by atoms with Crippen LogP contribution in [0.15, 0.2) is 115 Å². The predicted molar refractivity (Wildman–Crippen MR) is 148 cm³/mol. The molecule has 0 aliphatic rings. The molecule has 0 atom stereocenters. The summed E-state index contributed by atoms with van der Waals surface area (Å²) in [4.78, 5) is 4.90. The van der Waals surface area contributed by atoms with Gasteiger partial charge in [0.15, 0.2) is 0 Å². The lowest BCUT2D eigenvalue weighted by atomic mass is 10.2. The van der Waals surface area contributed by atoms with Gasteiger partial charge in [-0.3, -0.25) is 0 Å². The fraction of sp³-hybridized carbons (Fsp3) is 0. The number of benzene rings is 5. The molecular formula is C31H19N3S. The van der Waals surface area contributed by atoms with Crippen molar-refractivity contribution in [2.24, 2.45) is 0 Å². The summed E-state index contributed by atoms with van der Waals surface area (Å²) in [7, 11) is 0. The molecule has 3 heterocycles. The first kappa shape index (κ1) is 19.0. The molecule has 0 aliphatic carbocycles. The molecule has 3 nitrogen and oxygen atoms in total. The molecular weight excluding hydrogens is 446 g/mol. The summed E-state index contributed by atoms with van der Waals surface area (Å²) in [5.74, 6) is 0. The fourth-order valence-electron chi connectivity index (χ4n) is 5.64. The van der Waals surface area contributed by atoms with Gasteiger partial charge in [-0.1, -0.05) is 72.8 Å². The van der Waals surface area contributed by atoms with Crippen molar-refractivity contribution in [3.05, 3.63) is 115 Å². The van der Waals surface area contributed by atoms with E-state index in [0.29, 0.717) is 0 Å². The standard InChI is InChI=1S/C31H19N3S/c1-5-13-24-20(9-1)21-10-2-6-14-25(21)33(24)28-17-18-29(31-30(28)32-19-35-31)34-26-15-7-3-11-22(26)23-12-4-8-16-27(23)34/h1-19H. The zero-order chi connectivity index (χ0) is 22.9. The van der Waals surface area contributed by atoms with E-state index in [1.54, 1.807) is 11.3 Å². The van der Waals surface area contributed by atoms with Crippen LogP contribution < -0.4 is 0 Å². The van der Waals surface area contributed by atoms with Crippen LogP contribution in [-0.4, -0.2) is 14.1 Å². The molecule has 8 rings (SSSR count). The smallest absolute Gasteiger partial charge is 0.107 e. The number of rotatable bonds is 2. The van der Waals surface area contributed by atoms with Gasteiger partial charge in [0.1, 0.15) is 5.52 Å². The van der Waals surface area contributed by atoms with E-state index >= 15 is 0 Å². The Hall–Kier alpha value is -4.41. The Morgan fingerprint density at radius 2 is 0.857 bits per heavy atom. The monoisotopic (exact) mass is 465 g/mol. The molecule has 8 aromatic rings. The summed E-state index contributed by atoms with van der Waals surface area (Å²) in [6, 6.07) is 39.1. The minimum Gasteiger partial charge on any atom is -0.308 e. The first-order valence-electron chi connectivity index (χ1n) is 11.7. The molecule has 0 aliphatic heterocycles. The minimum atomic E-state index is 1.03. The van der Waals surface area contributed by atoms with Crippen LogP contribution in [0.4, 0.5) is 0 Å². The molecule has 0 unspecified atom stereocenters. The Morgan fingerprint density at radius 1 is 0.457 bits per heavy atom.